The van der Waals surface area contributed by atoms with Crippen LogP contribution in [0.1, 0.15) is 15.9 Å². The fourth-order valence-electron chi connectivity index (χ4n) is 2.39. The van der Waals surface area contributed by atoms with E-state index in [0.29, 0.717) is 22.0 Å². The zero-order valence-electron chi connectivity index (χ0n) is 13.9. The summed E-state index contributed by atoms with van der Waals surface area (Å²) in [6, 6.07) is 10.0. The van der Waals surface area contributed by atoms with Crippen molar-refractivity contribution >= 4 is 33.8 Å². The van der Waals surface area contributed by atoms with E-state index in [4.69, 9.17) is 0 Å². The first-order valence-corrected chi connectivity index (χ1v) is 8.50. The highest BCUT2D eigenvalue weighted by atomic mass is 32.1. The molecule has 9 nitrogen and oxygen atoms in total. The average molecular weight is 384 g/mol. The van der Waals surface area contributed by atoms with Gasteiger partial charge in [0.05, 0.1) is 15.5 Å². The fourth-order valence-corrected chi connectivity index (χ4v) is 3.10. The number of aryl methyl sites for hydroxylation is 1. The van der Waals surface area contributed by atoms with Gasteiger partial charge in [0, 0.05) is 40.3 Å². The summed E-state index contributed by atoms with van der Waals surface area (Å²) in [5.74, 6) is -0.433. The van der Waals surface area contributed by atoms with E-state index >= 15 is 0 Å². The Hall–Kier alpha value is -3.66. The van der Waals surface area contributed by atoms with Gasteiger partial charge in [-0.25, -0.2) is 4.98 Å². The average Bonchev–Trinajstić information content (AvgIpc) is 3.09. The molecule has 3 rings (SSSR count). The number of nitro benzene ring substituents is 2. The second-order valence-electron chi connectivity index (χ2n) is 5.55. The largest absolute Gasteiger partial charge is 0.298 e. The van der Waals surface area contributed by atoms with Gasteiger partial charge in [0.2, 0.25) is 0 Å². The third-order valence-electron chi connectivity index (χ3n) is 3.75. The molecule has 3 aromatic rings. The van der Waals surface area contributed by atoms with Gasteiger partial charge < -0.3 is 0 Å². The summed E-state index contributed by atoms with van der Waals surface area (Å²) in [4.78, 5) is 37.2. The molecule has 10 heteroatoms. The van der Waals surface area contributed by atoms with E-state index in [0.717, 1.165) is 0 Å². The molecule has 0 radical (unpaired) electrons. The zero-order chi connectivity index (χ0) is 19.6. The Morgan fingerprint density at radius 2 is 1.78 bits per heavy atom. The molecule has 0 aliphatic heterocycles. The van der Waals surface area contributed by atoms with Crippen molar-refractivity contribution in [3.8, 4) is 11.3 Å². The lowest BCUT2D eigenvalue weighted by Crippen LogP contribution is -2.12. The van der Waals surface area contributed by atoms with Crippen molar-refractivity contribution < 1.29 is 14.6 Å². The maximum absolute atomic E-state index is 12.3. The van der Waals surface area contributed by atoms with E-state index in [2.05, 4.69) is 10.3 Å². The number of aromatic nitrogens is 1. The van der Waals surface area contributed by atoms with Gasteiger partial charge in [-0.1, -0.05) is 0 Å². The van der Waals surface area contributed by atoms with Gasteiger partial charge in [-0.15, -0.1) is 11.3 Å². The Morgan fingerprint density at radius 3 is 2.37 bits per heavy atom. The molecule has 0 spiro atoms. The Morgan fingerprint density at radius 1 is 1.07 bits per heavy atom. The van der Waals surface area contributed by atoms with E-state index in [1.165, 1.54) is 41.7 Å². The molecule has 0 aliphatic carbocycles. The number of carbonyl (C=O) groups is 1. The molecule has 1 amide bonds. The number of non-ortho nitro benzene ring substituents is 1. The smallest absolute Gasteiger partial charge is 0.272 e. The summed E-state index contributed by atoms with van der Waals surface area (Å²) in [7, 11) is 0. The number of nitrogens with zero attached hydrogens (tertiary/aromatic N) is 3. The Bertz CT molecular complexity index is 1050. The Balaban J connectivity index is 1.75. The molecule has 1 N–H and O–H groups in total. The third kappa shape index (κ3) is 3.96. The molecule has 2 aromatic carbocycles. The quantitative estimate of drug-likeness (QED) is 0.519. The van der Waals surface area contributed by atoms with E-state index in [1.807, 2.05) is 0 Å². The lowest BCUT2D eigenvalue weighted by molar-refractivity contribution is -0.385. The van der Waals surface area contributed by atoms with Crippen LogP contribution in [0.15, 0.2) is 47.8 Å². The van der Waals surface area contributed by atoms with Gasteiger partial charge in [0.25, 0.3) is 17.3 Å². The summed E-state index contributed by atoms with van der Waals surface area (Å²) in [5.41, 5.74) is 1.86. The molecule has 0 unspecified atom stereocenters. The molecule has 27 heavy (non-hydrogen) atoms. The molecule has 136 valence electrons. The minimum absolute atomic E-state index is 0.0175. The summed E-state index contributed by atoms with van der Waals surface area (Å²) >= 11 is 1.20. The van der Waals surface area contributed by atoms with Crippen molar-refractivity contribution in [2.45, 2.75) is 6.92 Å². The molecule has 0 atom stereocenters. The van der Waals surface area contributed by atoms with Crippen LogP contribution < -0.4 is 5.32 Å². The van der Waals surface area contributed by atoms with Crippen molar-refractivity contribution in [1.29, 1.82) is 0 Å². The van der Waals surface area contributed by atoms with Crippen LogP contribution in [0.3, 0.4) is 0 Å². The highest BCUT2D eigenvalue weighted by molar-refractivity contribution is 7.14. The summed E-state index contributed by atoms with van der Waals surface area (Å²) in [6.45, 7) is 1.56. The minimum atomic E-state index is -0.506. The second kappa shape index (κ2) is 7.30. The van der Waals surface area contributed by atoms with Crippen LogP contribution in [0.5, 0.6) is 0 Å². The number of carbonyl (C=O) groups excluding carboxylic acids is 1. The second-order valence-corrected chi connectivity index (χ2v) is 6.41. The van der Waals surface area contributed by atoms with Gasteiger partial charge in [-0.05, 0) is 31.2 Å². The predicted molar refractivity (Wildman–Crippen MR) is 100.0 cm³/mol. The Labute approximate surface area is 156 Å². The highest BCUT2D eigenvalue weighted by Gasteiger charge is 2.15. The molecule has 0 fully saturated rings. The number of rotatable bonds is 5. The number of anilines is 1. The number of thiazole rings is 1. The van der Waals surface area contributed by atoms with E-state index < -0.39 is 15.8 Å². The van der Waals surface area contributed by atoms with Gasteiger partial charge in [0.15, 0.2) is 5.13 Å². The molecule has 1 aromatic heterocycles. The van der Waals surface area contributed by atoms with Crippen LogP contribution in [-0.2, 0) is 0 Å². The van der Waals surface area contributed by atoms with Crippen LogP contribution in [0.4, 0.5) is 16.5 Å². The predicted octanol–water partition coefficient (Wildman–Crippen LogP) is 4.19. The minimum Gasteiger partial charge on any atom is -0.298 e. The van der Waals surface area contributed by atoms with E-state index in [1.54, 1.807) is 24.4 Å². The van der Waals surface area contributed by atoms with Crippen LogP contribution in [0.25, 0.3) is 11.3 Å². The van der Waals surface area contributed by atoms with Crippen molar-refractivity contribution in [1.82, 2.24) is 4.98 Å². The first kappa shape index (κ1) is 18.1. The SMILES string of the molecule is Cc1cc(C(=O)Nc2nc(-c3ccc([N+](=O)[O-])cc3)cs2)ccc1[N+](=O)[O-]. The van der Waals surface area contributed by atoms with Crippen LogP contribution in [0, 0.1) is 27.2 Å². The molecular formula is C17H12N4O5S. The zero-order valence-corrected chi connectivity index (χ0v) is 14.7. The maximum Gasteiger partial charge on any atom is 0.272 e. The number of nitrogens with one attached hydrogen (secondary N) is 1. The molecule has 0 aliphatic rings. The lowest BCUT2D eigenvalue weighted by Gasteiger charge is -2.03. The summed E-state index contributed by atoms with van der Waals surface area (Å²) < 4.78 is 0. The summed E-state index contributed by atoms with van der Waals surface area (Å²) in [6.07, 6.45) is 0. The van der Waals surface area contributed by atoms with Crippen LogP contribution >= 0.6 is 11.3 Å². The monoisotopic (exact) mass is 384 g/mol. The van der Waals surface area contributed by atoms with Gasteiger partial charge in [0.1, 0.15) is 0 Å². The summed E-state index contributed by atoms with van der Waals surface area (Å²) in [5, 5.41) is 26.3. The van der Waals surface area contributed by atoms with E-state index in [-0.39, 0.29) is 16.9 Å². The number of hydrogen-bond acceptors (Lipinski definition) is 7. The number of nitro groups is 2. The number of amides is 1. The first-order valence-electron chi connectivity index (χ1n) is 7.62. The topological polar surface area (TPSA) is 128 Å². The fraction of sp³-hybridized carbons (Fsp3) is 0.0588. The number of hydrogen-bond donors (Lipinski definition) is 1. The van der Waals surface area contributed by atoms with Crippen molar-refractivity contribution in [3.05, 3.63) is 79.2 Å². The third-order valence-corrected chi connectivity index (χ3v) is 4.51. The van der Waals surface area contributed by atoms with E-state index in [9.17, 15) is 25.0 Å². The molecule has 1 heterocycles. The van der Waals surface area contributed by atoms with Crippen molar-refractivity contribution in [2.24, 2.45) is 0 Å². The van der Waals surface area contributed by atoms with Crippen LogP contribution in [-0.4, -0.2) is 20.7 Å². The van der Waals surface area contributed by atoms with Crippen LogP contribution in [0.2, 0.25) is 0 Å². The van der Waals surface area contributed by atoms with Gasteiger partial charge in [-0.3, -0.25) is 30.3 Å². The molecule has 0 bridgehead atoms. The molecule has 0 saturated heterocycles. The van der Waals surface area contributed by atoms with Gasteiger partial charge in [-0.2, -0.15) is 0 Å². The highest BCUT2D eigenvalue weighted by Crippen LogP contribution is 2.27. The first-order chi connectivity index (χ1) is 12.8. The van der Waals surface area contributed by atoms with Crippen molar-refractivity contribution in [3.63, 3.8) is 0 Å². The normalized spacial score (nSPS) is 10.4. The van der Waals surface area contributed by atoms with Gasteiger partial charge >= 0.3 is 0 Å². The molecular weight excluding hydrogens is 372 g/mol. The standard InChI is InChI=1S/C17H12N4O5S/c1-10-8-12(4-7-15(10)21(25)26)16(22)19-17-18-14(9-27-17)11-2-5-13(6-3-11)20(23)24/h2-9H,1H3,(H,18,19,22). The lowest BCUT2D eigenvalue weighted by atomic mass is 10.1. The Kier molecular flexibility index (Phi) is 4.90. The molecule has 0 saturated carbocycles. The maximum atomic E-state index is 12.3. The number of benzene rings is 2. The van der Waals surface area contributed by atoms with Crippen molar-refractivity contribution in [2.75, 3.05) is 5.32 Å².